The third-order valence-corrected chi connectivity index (χ3v) is 5.72. The van der Waals surface area contributed by atoms with Crippen molar-refractivity contribution in [2.75, 3.05) is 11.9 Å². The van der Waals surface area contributed by atoms with Crippen LogP contribution in [0.2, 0.25) is 15.1 Å². The van der Waals surface area contributed by atoms with Gasteiger partial charge in [0, 0.05) is 16.1 Å². The average molecular weight is 529 g/mol. The molecule has 5 aromatic rings. The molecule has 2 aromatic carbocycles. The van der Waals surface area contributed by atoms with Crippen molar-refractivity contribution in [3.8, 4) is 17.3 Å². The first-order valence-electron chi connectivity index (χ1n) is 10.3. The van der Waals surface area contributed by atoms with Crippen molar-refractivity contribution in [3.63, 3.8) is 0 Å². The van der Waals surface area contributed by atoms with Gasteiger partial charge in [-0.05, 0) is 43.3 Å². The first-order valence-corrected chi connectivity index (χ1v) is 11.4. The van der Waals surface area contributed by atoms with E-state index in [1.54, 1.807) is 47.3 Å². The van der Waals surface area contributed by atoms with Gasteiger partial charge in [-0.15, -0.1) is 0 Å². The molecule has 35 heavy (non-hydrogen) atoms. The van der Waals surface area contributed by atoms with E-state index in [1.165, 1.54) is 11.0 Å². The van der Waals surface area contributed by atoms with E-state index in [1.807, 2.05) is 19.1 Å². The van der Waals surface area contributed by atoms with Crippen LogP contribution in [-0.2, 0) is 4.79 Å². The molecule has 0 fully saturated rings. The average Bonchev–Trinajstić information content (AvgIpc) is 3.41. The van der Waals surface area contributed by atoms with Gasteiger partial charge in [0.25, 0.3) is 5.91 Å². The predicted molar refractivity (Wildman–Crippen MR) is 134 cm³/mol. The fourth-order valence-electron chi connectivity index (χ4n) is 3.46. The van der Waals surface area contributed by atoms with Gasteiger partial charge in [-0.1, -0.05) is 40.9 Å². The second-order valence-corrected chi connectivity index (χ2v) is 8.75. The molecule has 9 nitrogen and oxygen atoms in total. The van der Waals surface area contributed by atoms with Crippen LogP contribution in [0.5, 0.6) is 5.75 Å². The van der Waals surface area contributed by atoms with Crippen LogP contribution in [0.25, 0.3) is 22.5 Å². The van der Waals surface area contributed by atoms with Crippen molar-refractivity contribution < 1.29 is 9.53 Å². The second kappa shape index (κ2) is 9.53. The molecule has 0 saturated carbocycles. The monoisotopic (exact) mass is 527 g/mol. The van der Waals surface area contributed by atoms with Gasteiger partial charge in [0.2, 0.25) is 0 Å². The molecule has 12 heteroatoms. The molecule has 0 bridgehead atoms. The van der Waals surface area contributed by atoms with Gasteiger partial charge < -0.3 is 10.1 Å². The van der Waals surface area contributed by atoms with Crippen molar-refractivity contribution >= 4 is 57.6 Å². The van der Waals surface area contributed by atoms with E-state index in [0.717, 1.165) is 5.69 Å². The molecule has 3 aromatic heterocycles. The predicted octanol–water partition coefficient (Wildman–Crippen LogP) is 5.29. The number of nitrogens with one attached hydrogen (secondary N) is 1. The van der Waals surface area contributed by atoms with Gasteiger partial charge >= 0.3 is 0 Å². The largest absolute Gasteiger partial charge is 0.482 e. The lowest BCUT2D eigenvalue weighted by atomic mass is 10.3. The molecule has 0 spiro atoms. The number of fused-ring (bicyclic) bond motifs is 1. The number of aryl methyl sites for hydroxylation is 1. The van der Waals surface area contributed by atoms with Gasteiger partial charge in [0.1, 0.15) is 17.9 Å². The summed E-state index contributed by atoms with van der Waals surface area (Å²) in [5, 5.41) is 13.8. The minimum atomic E-state index is -0.405. The number of ether oxygens (including phenoxy) is 1. The van der Waals surface area contributed by atoms with Crippen molar-refractivity contribution in [1.29, 1.82) is 0 Å². The summed E-state index contributed by atoms with van der Waals surface area (Å²) in [5.41, 5.74) is 1.99. The van der Waals surface area contributed by atoms with Gasteiger partial charge in [-0.25, -0.2) is 14.6 Å². The zero-order chi connectivity index (χ0) is 24.5. The third-order valence-electron chi connectivity index (χ3n) is 4.95. The molecule has 0 aliphatic rings. The summed E-state index contributed by atoms with van der Waals surface area (Å²) in [6.45, 7) is 1.54. The first-order chi connectivity index (χ1) is 16.9. The summed E-state index contributed by atoms with van der Waals surface area (Å²) in [7, 11) is 0. The fraction of sp³-hybridized carbons (Fsp3) is 0.0870. The summed E-state index contributed by atoms with van der Waals surface area (Å²) in [6.07, 6.45) is 3.05. The van der Waals surface area contributed by atoms with Crippen LogP contribution in [0.1, 0.15) is 5.69 Å². The Morgan fingerprint density at radius 1 is 1.03 bits per heavy atom. The standard InChI is InChI=1S/C23H16Cl3N7O2/c1-13-7-20(30-21(34)11-35-19-6-5-15(25)9-18(19)26)33(31-13)23-17-10-29-32(22(17)27-12-28-23)16-4-2-3-14(24)8-16/h2-10,12H,11H2,1H3,(H,30,34). The van der Waals surface area contributed by atoms with Crippen molar-refractivity contribution in [3.05, 3.63) is 81.8 Å². The Hall–Kier alpha value is -3.66. The number of anilines is 1. The molecular formula is C23H16Cl3N7O2. The van der Waals surface area contributed by atoms with Gasteiger partial charge in [-0.2, -0.15) is 14.9 Å². The Labute approximate surface area is 214 Å². The van der Waals surface area contributed by atoms with Gasteiger partial charge in [0.15, 0.2) is 18.1 Å². The Bertz CT molecular complexity index is 1560. The number of rotatable bonds is 6. The normalized spacial score (nSPS) is 11.1. The number of carbonyl (C=O) groups is 1. The van der Waals surface area contributed by atoms with E-state index in [2.05, 4.69) is 25.5 Å². The van der Waals surface area contributed by atoms with Crippen LogP contribution in [-0.4, -0.2) is 42.0 Å². The molecular weight excluding hydrogens is 513 g/mol. The summed E-state index contributed by atoms with van der Waals surface area (Å²) >= 11 is 18.1. The smallest absolute Gasteiger partial charge is 0.263 e. The summed E-state index contributed by atoms with van der Waals surface area (Å²) in [6, 6.07) is 13.8. The highest BCUT2D eigenvalue weighted by Gasteiger charge is 2.18. The maximum Gasteiger partial charge on any atom is 0.263 e. The van der Waals surface area contributed by atoms with Gasteiger partial charge in [0.05, 0.1) is 28.0 Å². The first kappa shape index (κ1) is 23.1. The molecule has 0 unspecified atom stereocenters. The second-order valence-electron chi connectivity index (χ2n) is 7.47. The Balaban J connectivity index is 1.43. The number of aromatic nitrogens is 6. The lowest BCUT2D eigenvalue weighted by molar-refractivity contribution is -0.118. The van der Waals surface area contributed by atoms with Crippen LogP contribution < -0.4 is 10.1 Å². The molecule has 1 amide bonds. The van der Waals surface area contributed by atoms with Crippen LogP contribution in [0.15, 0.2) is 61.1 Å². The van der Waals surface area contributed by atoms with E-state index in [4.69, 9.17) is 39.5 Å². The van der Waals surface area contributed by atoms with Crippen molar-refractivity contribution in [1.82, 2.24) is 29.5 Å². The number of halogens is 3. The topological polar surface area (TPSA) is 99.7 Å². The molecule has 176 valence electrons. The molecule has 0 aliphatic heterocycles. The molecule has 0 saturated heterocycles. The quantitative estimate of drug-likeness (QED) is 0.322. The van der Waals surface area contributed by atoms with Crippen LogP contribution in [0, 0.1) is 6.92 Å². The van der Waals surface area contributed by atoms with Crippen LogP contribution >= 0.6 is 34.8 Å². The van der Waals surface area contributed by atoms with E-state index < -0.39 is 5.91 Å². The summed E-state index contributed by atoms with van der Waals surface area (Å²) in [5.74, 6) is 0.807. The molecule has 5 rings (SSSR count). The number of amides is 1. The maximum absolute atomic E-state index is 12.6. The molecule has 0 aliphatic carbocycles. The minimum absolute atomic E-state index is 0.266. The number of hydrogen-bond acceptors (Lipinski definition) is 6. The highest BCUT2D eigenvalue weighted by atomic mass is 35.5. The van der Waals surface area contributed by atoms with E-state index in [0.29, 0.717) is 49.2 Å². The van der Waals surface area contributed by atoms with E-state index in [9.17, 15) is 4.79 Å². The molecule has 0 atom stereocenters. The molecule has 3 heterocycles. The highest BCUT2D eigenvalue weighted by molar-refractivity contribution is 6.35. The van der Waals surface area contributed by atoms with Crippen LogP contribution in [0.3, 0.4) is 0 Å². The van der Waals surface area contributed by atoms with Gasteiger partial charge in [-0.3, -0.25) is 4.79 Å². The lowest BCUT2D eigenvalue weighted by Crippen LogP contribution is -2.22. The third kappa shape index (κ3) is 4.79. The SMILES string of the molecule is Cc1cc(NC(=O)COc2ccc(Cl)cc2Cl)n(-c2ncnc3c2cnn3-c2cccc(Cl)c2)n1. The minimum Gasteiger partial charge on any atom is -0.482 e. The summed E-state index contributed by atoms with van der Waals surface area (Å²) < 4.78 is 8.71. The van der Waals surface area contributed by atoms with E-state index >= 15 is 0 Å². The summed E-state index contributed by atoms with van der Waals surface area (Å²) in [4.78, 5) is 21.4. The van der Waals surface area contributed by atoms with E-state index in [-0.39, 0.29) is 6.61 Å². The Kier molecular flexibility index (Phi) is 6.29. The highest BCUT2D eigenvalue weighted by Crippen LogP contribution is 2.28. The van der Waals surface area contributed by atoms with Crippen molar-refractivity contribution in [2.24, 2.45) is 0 Å². The fourth-order valence-corrected chi connectivity index (χ4v) is 4.11. The van der Waals surface area contributed by atoms with Crippen molar-refractivity contribution in [2.45, 2.75) is 6.92 Å². The number of hydrogen-bond donors (Lipinski definition) is 1. The zero-order valence-corrected chi connectivity index (χ0v) is 20.4. The number of benzene rings is 2. The Morgan fingerprint density at radius 2 is 1.86 bits per heavy atom. The number of nitrogens with zero attached hydrogens (tertiary/aromatic N) is 6. The maximum atomic E-state index is 12.6. The lowest BCUT2D eigenvalue weighted by Gasteiger charge is -2.11. The molecule has 0 radical (unpaired) electrons. The Morgan fingerprint density at radius 3 is 2.66 bits per heavy atom. The zero-order valence-electron chi connectivity index (χ0n) is 18.1. The molecule has 1 N–H and O–H groups in total. The van der Waals surface area contributed by atoms with Crippen LogP contribution in [0.4, 0.5) is 5.82 Å². The number of carbonyl (C=O) groups excluding carboxylic acids is 1.